The van der Waals surface area contributed by atoms with Gasteiger partial charge in [-0.2, -0.15) is 0 Å². The summed E-state index contributed by atoms with van der Waals surface area (Å²) in [5, 5.41) is 9.73. The molecule has 1 aromatic heterocycles. The Balaban J connectivity index is 2.19. The van der Waals surface area contributed by atoms with Crippen LogP contribution >= 0.6 is 0 Å². The number of hydrogen-bond acceptors (Lipinski definition) is 3. The van der Waals surface area contributed by atoms with Gasteiger partial charge in [0.25, 0.3) is 0 Å². The largest absolute Gasteiger partial charge is 0.493 e. The number of nitrogens with one attached hydrogen (secondary N) is 1. The van der Waals surface area contributed by atoms with Crippen molar-refractivity contribution in [1.29, 1.82) is 0 Å². The van der Waals surface area contributed by atoms with E-state index in [4.69, 9.17) is 15.6 Å². The molecule has 0 radical (unpaired) electrons. The number of aliphatic carboxylic acids is 1. The molecule has 0 unspecified atom stereocenters. The third-order valence-corrected chi connectivity index (χ3v) is 3.04. The van der Waals surface area contributed by atoms with Gasteiger partial charge in [0.1, 0.15) is 11.8 Å². The zero-order chi connectivity index (χ0) is 14.5. The lowest BCUT2D eigenvalue weighted by molar-refractivity contribution is -0.138. The third-order valence-electron chi connectivity index (χ3n) is 3.04. The Morgan fingerprint density at radius 1 is 1.50 bits per heavy atom. The summed E-state index contributed by atoms with van der Waals surface area (Å²) in [6, 6.07) is 4.51. The van der Waals surface area contributed by atoms with Crippen molar-refractivity contribution >= 4 is 16.9 Å². The van der Waals surface area contributed by atoms with E-state index < -0.39 is 18.7 Å². The SMILES string of the molecule is N[C@@H](Cc1c[nH]c2ccc(OCCC[18F])cc12)C(=O)O. The van der Waals surface area contributed by atoms with E-state index in [1.807, 2.05) is 12.1 Å². The number of ether oxygens (including phenoxy) is 1. The number of rotatable bonds is 7. The summed E-state index contributed by atoms with van der Waals surface area (Å²) in [7, 11) is 0. The van der Waals surface area contributed by atoms with Crippen LogP contribution in [-0.2, 0) is 11.2 Å². The van der Waals surface area contributed by atoms with Crippen LogP contribution in [0.4, 0.5) is 4.39 Å². The number of benzene rings is 1. The van der Waals surface area contributed by atoms with Crippen molar-refractivity contribution in [3.63, 3.8) is 0 Å². The smallest absolute Gasteiger partial charge is 0.320 e. The van der Waals surface area contributed by atoms with E-state index in [1.54, 1.807) is 12.3 Å². The van der Waals surface area contributed by atoms with Gasteiger partial charge in [-0.3, -0.25) is 9.18 Å². The van der Waals surface area contributed by atoms with Gasteiger partial charge in [-0.05, 0) is 23.8 Å². The van der Waals surface area contributed by atoms with Gasteiger partial charge in [-0.15, -0.1) is 0 Å². The maximum atomic E-state index is 12.0. The second-order valence-electron chi connectivity index (χ2n) is 4.56. The highest BCUT2D eigenvalue weighted by Gasteiger charge is 2.15. The third kappa shape index (κ3) is 3.27. The second-order valence-corrected chi connectivity index (χ2v) is 4.56. The minimum absolute atomic E-state index is 0.239. The molecule has 4 N–H and O–H groups in total. The molecular formula is C14H17FN2O3. The quantitative estimate of drug-likeness (QED) is 0.675. The van der Waals surface area contributed by atoms with Crippen LogP contribution in [-0.4, -0.2) is 35.4 Å². The number of aromatic nitrogens is 1. The van der Waals surface area contributed by atoms with Crippen molar-refractivity contribution in [3.8, 4) is 5.75 Å². The number of H-pyrrole nitrogens is 1. The first-order valence-corrected chi connectivity index (χ1v) is 6.39. The molecule has 0 saturated heterocycles. The molecule has 2 aromatic rings. The predicted molar refractivity (Wildman–Crippen MR) is 73.7 cm³/mol. The van der Waals surface area contributed by atoms with Gasteiger partial charge in [0.15, 0.2) is 0 Å². The number of hydrogen-bond donors (Lipinski definition) is 3. The van der Waals surface area contributed by atoms with Crippen molar-refractivity contribution < 1.29 is 19.0 Å². The van der Waals surface area contributed by atoms with Gasteiger partial charge in [0.2, 0.25) is 0 Å². The fourth-order valence-corrected chi connectivity index (χ4v) is 1.98. The zero-order valence-electron chi connectivity index (χ0n) is 10.9. The summed E-state index contributed by atoms with van der Waals surface area (Å²) in [4.78, 5) is 13.9. The lowest BCUT2D eigenvalue weighted by Crippen LogP contribution is -2.32. The molecule has 0 aliphatic carbocycles. The normalized spacial score (nSPS) is 12.5. The first-order chi connectivity index (χ1) is 9.61. The van der Waals surface area contributed by atoms with E-state index in [1.165, 1.54) is 0 Å². The average Bonchev–Trinajstić information content (AvgIpc) is 2.82. The van der Waals surface area contributed by atoms with Crippen LogP contribution in [0.1, 0.15) is 12.0 Å². The Morgan fingerprint density at radius 2 is 2.30 bits per heavy atom. The highest BCUT2D eigenvalue weighted by Crippen LogP contribution is 2.24. The molecule has 20 heavy (non-hydrogen) atoms. The molecule has 2 rings (SSSR count). The summed E-state index contributed by atoms with van der Waals surface area (Å²) >= 11 is 0. The van der Waals surface area contributed by atoms with Crippen molar-refractivity contribution in [2.45, 2.75) is 18.9 Å². The Labute approximate surface area is 115 Å². The van der Waals surface area contributed by atoms with Gasteiger partial charge in [-0.1, -0.05) is 0 Å². The molecule has 1 aromatic carbocycles. The molecule has 0 aliphatic heterocycles. The van der Waals surface area contributed by atoms with Gasteiger partial charge in [-0.25, -0.2) is 0 Å². The summed E-state index contributed by atoms with van der Waals surface area (Å²) in [6.07, 6.45) is 2.34. The molecule has 0 spiro atoms. The van der Waals surface area contributed by atoms with Crippen LogP contribution in [0.5, 0.6) is 5.75 Å². The molecule has 0 saturated carbocycles. The predicted octanol–water partition coefficient (Wildman–Crippen LogP) is 1.86. The van der Waals surface area contributed by atoms with E-state index in [2.05, 4.69) is 4.98 Å². The van der Waals surface area contributed by atoms with Crippen LogP contribution in [0.25, 0.3) is 10.9 Å². The van der Waals surface area contributed by atoms with E-state index >= 15 is 0 Å². The standard InChI is InChI=1S/C14H17FN2O3/c15-4-1-5-20-10-2-3-13-11(7-10)9(8-17-13)6-12(16)14(18)19/h2-3,7-8,12,17H,1,4-6,16H2,(H,18,19)/t12-/m0/s1/i15-1. The minimum Gasteiger partial charge on any atom is -0.493 e. The topological polar surface area (TPSA) is 88.3 Å². The fourth-order valence-electron chi connectivity index (χ4n) is 1.98. The molecule has 0 bridgehead atoms. The zero-order valence-corrected chi connectivity index (χ0v) is 10.9. The molecule has 0 fully saturated rings. The Kier molecular flexibility index (Phi) is 4.57. The summed E-state index contributed by atoms with van der Waals surface area (Å²) in [6.45, 7) is -0.0957. The number of carbonyl (C=O) groups is 1. The fraction of sp³-hybridized carbons (Fsp3) is 0.357. The van der Waals surface area contributed by atoms with Crippen molar-refractivity contribution in [1.82, 2.24) is 4.98 Å². The van der Waals surface area contributed by atoms with E-state index in [9.17, 15) is 9.18 Å². The van der Waals surface area contributed by atoms with Crippen molar-refractivity contribution in [2.75, 3.05) is 13.3 Å². The molecular weight excluding hydrogens is 262 g/mol. The first kappa shape index (κ1) is 14.3. The molecule has 0 amide bonds. The number of nitrogens with two attached hydrogens (primary N) is 1. The number of aromatic amines is 1. The number of carboxylic acid groups (broad SMARTS) is 1. The number of carboxylic acids is 1. The summed E-state index contributed by atoms with van der Waals surface area (Å²) < 4.78 is 17.5. The van der Waals surface area contributed by atoms with Crippen LogP contribution in [0.3, 0.4) is 0 Å². The van der Waals surface area contributed by atoms with Crippen molar-refractivity contribution in [3.05, 3.63) is 30.0 Å². The second kappa shape index (κ2) is 6.38. The van der Waals surface area contributed by atoms with Crippen LogP contribution in [0, 0.1) is 0 Å². The highest BCUT2D eigenvalue weighted by molar-refractivity contribution is 5.85. The monoisotopic (exact) mass is 279 g/mol. The van der Waals surface area contributed by atoms with Crippen LogP contribution in [0.15, 0.2) is 24.4 Å². The van der Waals surface area contributed by atoms with Crippen LogP contribution < -0.4 is 10.5 Å². The summed E-state index contributed by atoms with van der Waals surface area (Å²) in [5.41, 5.74) is 7.26. The lowest BCUT2D eigenvalue weighted by Gasteiger charge is -2.07. The van der Waals surface area contributed by atoms with Gasteiger partial charge >= 0.3 is 5.97 Å². The van der Waals surface area contributed by atoms with Crippen LogP contribution in [0.2, 0.25) is 0 Å². The van der Waals surface area contributed by atoms with Gasteiger partial charge in [0.05, 0.1) is 13.3 Å². The van der Waals surface area contributed by atoms with E-state index in [0.29, 0.717) is 18.8 Å². The van der Waals surface area contributed by atoms with E-state index in [0.717, 1.165) is 16.5 Å². The molecule has 5 nitrogen and oxygen atoms in total. The van der Waals surface area contributed by atoms with Gasteiger partial charge in [0, 0.05) is 29.9 Å². The molecule has 108 valence electrons. The maximum absolute atomic E-state index is 12.0. The molecule has 1 heterocycles. The van der Waals surface area contributed by atoms with Crippen molar-refractivity contribution in [2.24, 2.45) is 5.73 Å². The number of halogens is 1. The maximum Gasteiger partial charge on any atom is 0.320 e. The number of fused-ring (bicyclic) bond motifs is 1. The van der Waals surface area contributed by atoms with Gasteiger partial charge < -0.3 is 20.6 Å². The lowest BCUT2D eigenvalue weighted by atomic mass is 10.1. The summed E-state index contributed by atoms with van der Waals surface area (Å²) in [5.74, 6) is -0.398. The minimum atomic E-state index is -1.03. The molecule has 1 atom stereocenters. The highest BCUT2D eigenvalue weighted by atomic mass is 18.2. The Bertz CT molecular complexity index is 597. The Hall–Kier alpha value is -2.08. The number of alkyl halides is 1. The average molecular weight is 279 g/mol. The Morgan fingerprint density at radius 3 is 3.00 bits per heavy atom. The van der Waals surface area contributed by atoms with E-state index in [-0.39, 0.29) is 6.42 Å². The first-order valence-electron chi connectivity index (χ1n) is 6.39. The molecule has 0 aliphatic rings. The molecule has 6 heteroatoms.